The lowest BCUT2D eigenvalue weighted by Crippen LogP contribution is -2.65. The van der Waals surface area contributed by atoms with Crippen molar-refractivity contribution in [3.05, 3.63) is 0 Å². The molecular formula is C8H10F6N2O2. The maximum atomic E-state index is 12.1. The Bertz CT molecular complexity index is 309. The molecule has 0 aromatic rings. The number of carbonyl (C=O) groups excluding carboxylic acids is 1. The third-order valence-corrected chi connectivity index (χ3v) is 2.42. The van der Waals surface area contributed by atoms with E-state index in [2.05, 4.69) is 5.32 Å². The molecule has 0 bridgehead atoms. The van der Waals surface area contributed by atoms with E-state index in [0.29, 0.717) is 0 Å². The van der Waals surface area contributed by atoms with E-state index in [4.69, 9.17) is 0 Å². The Morgan fingerprint density at radius 3 is 1.94 bits per heavy atom. The first-order valence-electron chi connectivity index (χ1n) is 4.80. The number of carbonyl (C=O) groups is 1. The van der Waals surface area contributed by atoms with Crippen LogP contribution in [0.5, 0.6) is 0 Å². The maximum absolute atomic E-state index is 12.1. The first-order chi connectivity index (χ1) is 7.96. The standard InChI is InChI=1S/C8H10F6N2O2/c9-7(10,11)4(8(12,13)14)5(17)16-3-6(18)1-15-2-6/h4,15,18H,1-3H2,(H,16,17). The lowest BCUT2D eigenvalue weighted by atomic mass is 9.97. The predicted molar refractivity (Wildman–Crippen MR) is 46.4 cm³/mol. The zero-order valence-electron chi connectivity index (χ0n) is 8.82. The van der Waals surface area contributed by atoms with Crippen molar-refractivity contribution in [2.45, 2.75) is 18.0 Å². The molecule has 1 amide bonds. The summed E-state index contributed by atoms with van der Waals surface area (Å²) in [4.78, 5) is 10.9. The van der Waals surface area contributed by atoms with E-state index in [-0.39, 0.29) is 13.1 Å². The van der Waals surface area contributed by atoms with Crippen molar-refractivity contribution in [2.24, 2.45) is 5.92 Å². The van der Waals surface area contributed by atoms with Crippen molar-refractivity contribution in [1.82, 2.24) is 10.6 Å². The van der Waals surface area contributed by atoms with Crippen molar-refractivity contribution in [1.29, 1.82) is 0 Å². The molecule has 106 valence electrons. The molecule has 18 heavy (non-hydrogen) atoms. The van der Waals surface area contributed by atoms with Gasteiger partial charge in [-0.2, -0.15) is 26.3 Å². The van der Waals surface area contributed by atoms with Crippen molar-refractivity contribution in [3.63, 3.8) is 0 Å². The smallest absolute Gasteiger partial charge is 0.385 e. The second-order valence-electron chi connectivity index (χ2n) is 4.06. The molecule has 3 N–H and O–H groups in total. The highest BCUT2D eigenvalue weighted by Gasteiger charge is 2.61. The van der Waals surface area contributed by atoms with E-state index in [1.807, 2.05) is 0 Å². The van der Waals surface area contributed by atoms with Crippen molar-refractivity contribution in [3.8, 4) is 0 Å². The molecule has 1 rings (SSSR count). The molecule has 0 aromatic carbocycles. The fraction of sp³-hybridized carbons (Fsp3) is 0.875. The van der Waals surface area contributed by atoms with E-state index in [0.717, 1.165) is 0 Å². The lowest BCUT2D eigenvalue weighted by molar-refractivity contribution is -0.274. The van der Waals surface area contributed by atoms with Gasteiger partial charge in [0.2, 0.25) is 11.8 Å². The average Bonchev–Trinajstić information content (AvgIpc) is 2.06. The molecule has 4 nitrogen and oxygen atoms in total. The van der Waals surface area contributed by atoms with Gasteiger partial charge < -0.3 is 15.7 Å². The first-order valence-corrected chi connectivity index (χ1v) is 4.80. The maximum Gasteiger partial charge on any atom is 0.409 e. The Kier molecular flexibility index (Phi) is 3.82. The minimum Gasteiger partial charge on any atom is -0.385 e. The largest absolute Gasteiger partial charge is 0.409 e. The van der Waals surface area contributed by atoms with Gasteiger partial charge in [-0.25, -0.2) is 0 Å². The summed E-state index contributed by atoms with van der Waals surface area (Å²) in [5, 5.41) is 13.4. The van der Waals surface area contributed by atoms with Crippen LogP contribution in [-0.2, 0) is 4.79 Å². The molecule has 1 aliphatic rings. The van der Waals surface area contributed by atoms with Gasteiger partial charge in [0.15, 0.2) is 0 Å². The molecular weight excluding hydrogens is 270 g/mol. The molecule has 0 atom stereocenters. The minimum atomic E-state index is -5.72. The van der Waals surface area contributed by atoms with Crippen LogP contribution in [0, 0.1) is 5.92 Å². The number of rotatable bonds is 3. The monoisotopic (exact) mass is 280 g/mol. The number of amides is 1. The second-order valence-corrected chi connectivity index (χ2v) is 4.06. The van der Waals surface area contributed by atoms with Crippen LogP contribution >= 0.6 is 0 Å². The van der Waals surface area contributed by atoms with E-state index in [1.54, 1.807) is 0 Å². The molecule has 0 aliphatic carbocycles. The summed E-state index contributed by atoms with van der Waals surface area (Å²) in [5.74, 6) is -6.29. The summed E-state index contributed by atoms with van der Waals surface area (Å²) in [6.07, 6.45) is -11.4. The van der Waals surface area contributed by atoms with E-state index in [1.165, 1.54) is 5.32 Å². The normalized spacial score (nSPS) is 19.6. The zero-order valence-corrected chi connectivity index (χ0v) is 8.82. The van der Waals surface area contributed by atoms with Gasteiger partial charge in [-0.15, -0.1) is 0 Å². The summed E-state index contributed by atoms with van der Waals surface area (Å²) in [6, 6.07) is 0. The molecule has 0 spiro atoms. The molecule has 1 heterocycles. The van der Waals surface area contributed by atoms with Crippen molar-refractivity contribution in [2.75, 3.05) is 19.6 Å². The van der Waals surface area contributed by atoms with E-state index < -0.39 is 36.3 Å². The topological polar surface area (TPSA) is 61.4 Å². The van der Waals surface area contributed by atoms with Gasteiger partial charge in [0.05, 0.1) is 0 Å². The summed E-state index contributed by atoms with van der Waals surface area (Å²) >= 11 is 0. The van der Waals surface area contributed by atoms with Crippen LogP contribution in [0.2, 0.25) is 0 Å². The SMILES string of the molecule is O=C(NCC1(O)CNC1)C(C(F)(F)F)C(F)(F)F. The summed E-state index contributed by atoms with van der Waals surface area (Å²) in [6.45, 7) is -0.673. The number of hydrogen-bond donors (Lipinski definition) is 3. The Balaban J connectivity index is 2.66. The van der Waals surface area contributed by atoms with Crippen LogP contribution in [0.3, 0.4) is 0 Å². The van der Waals surface area contributed by atoms with Gasteiger partial charge >= 0.3 is 12.4 Å². The van der Waals surface area contributed by atoms with Gasteiger partial charge in [0, 0.05) is 19.6 Å². The highest BCUT2D eigenvalue weighted by atomic mass is 19.4. The Morgan fingerprint density at radius 1 is 1.22 bits per heavy atom. The van der Waals surface area contributed by atoms with Crippen LogP contribution in [0.4, 0.5) is 26.3 Å². The van der Waals surface area contributed by atoms with E-state index in [9.17, 15) is 36.2 Å². The highest BCUT2D eigenvalue weighted by molar-refractivity contribution is 5.80. The molecule has 0 saturated carbocycles. The predicted octanol–water partition coefficient (Wildman–Crippen LogP) is 0.178. The fourth-order valence-corrected chi connectivity index (χ4v) is 1.38. The van der Waals surface area contributed by atoms with Crippen LogP contribution in [0.1, 0.15) is 0 Å². The number of aliphatic hydroxyl groups is 1. The van der Waals surface area contributed by atoms with Gasteiger partial charge in [0.1, 0.15) is 5.60 Å². The van der Waals surface area contributed by atoms with E-state index >= 15 is 0 Å². The number of halogens is 6. The number of hydrogen-bond acceptors (Lipinski definition) is 3. The number of alkyl halides is 6. The van der Waals surface area contributed by atoms with Gasteiger partial charge in [-0.1, -0.05) is 0 Å². The Hall–Kier alpha value is -1.03. The van der Waals surface area contributed by atoms with Crippen LogP contribution < -0.4 is 10.6 Å². The second kappa shape index (κ2) is 4.57. The van der Waals surface area contributed by atoms with Crippen LogP contribution in [0.25, 0.3) is 0 Å². The van der Waals surface area contributed by atoms with Crippen molar-refractivity contribution < 1.29 is 36.2 Å². The van der Waals surface area contributed by atoms with Crippen LogP contribution in [-0.4, -0.2) is 48.6 Å². The van der Waals surface area contributed by atoms with Gasteiger partial charge in [-0.05, 0) is 0 Å². The molecule has 1 fully saturated rings. The van der Waals surface area contributed by atoms with Crippen molar-refractivity contribution >= 4 is 5.91 Å². The summed E-state index contributed by atoms with van der Waals surface area (Å²) < 4.78 is 72.8. The molecule has 0 radical (unpaired) electrons. The summed E-state index contributed by atoms with van der Waals surface area (Å²) in [5.41, 5.74) is -1.49. The molecule has 1 aliphatic heterocycles. The summed E-state index contributed by atoms with van der Waals surface area (Å²) in [7, 11) is 0. The molecule has 10 heteroatoms. The highest BCUT2D eigenvalue weighted by Crippen LogP contribution is 2.39. The minimum absolute atomic E-state index is 0.00399. The number of nitrogens with one attached hydrogen (secondary N) is 2. The van der Waals surface area contributed by atoms with Gasteiger partial charge in [0.25, 0.3) is 0 Å². The quantitative estimate of drug-likeness (QED) is 0.646. The third-order valence-electron chi connectivity index (χ3n) is 2.42. The average molecular weight is 280 g/mol. The lowest BCUT2D eigenvalue weighted by Gasteiger charge is -2.38. The molecule has 0 aromatic heterocycles. The zero-order chi connectivity index (χ0) is 14.2. The van der Waals surface area contributed by atoms with Crippen LogP contribution in [0.15, 0.2) is 0 Å². The third kappa shape index (κ3) is 3.48. The fourth-order valence-electron chi connectivity index (χ4n) is 1.38. The first kappa shape index (κ1) is 15.0. The Morgan fingerprint density at radius 2 is 1.67 bits per heavy atom. The van der Waals surface area contributed by atoms with Gasteiger partial charge in [-0.3, -0.25) is 4.79 Å². The Labute approximate surface area is 97.3 Å². The molecule has 0 unspecified atom stereocenters. The molecule has 1 saturated heterocycles. The number of β-amino-alcohol motifs (C(OH)–C–C–N with tert-alkyl or cyclic N) is 1.